The molecule has 0 aromatic heterocycles. The van der Waals surface area contributed by atoms with E-state index in [9.17, 15) is 14.7 Å². The van der Waals surface area contributed by atoms with E-state index in [4.69, 9.17) is 0 Å². The van der Waals surface area contributed by atoms with Gasteiger partial charge in [0.25, 0.3) is 0 Å². The van der Waals surface area contributed by atoms with Crippen LogP contribution < -0.4 is 4.90 Å². The highest BCUT2D eigenvalue weighted by molar-refractivity contribution is 5.86. The Morgan fingerprint density at radius 3 is 2.11 bits per heavy atom. The van der Waals surface area contributed by atoms with Crippen LogP contribution in [0.15, 0.2) is 24.3 Å². The molecule has 0 unspecified atom stereocenters. The monoisotopic (exact) mass is 370 g/mol. The van der Waals surface area contributed by atoms with Crippen molar-refractivity contribution in [2.45, 2.75) is 45.6 Å². The number of hydrogen-bond donors (Lipinski definition) is 1. The Hall–Kier alpha value is -2.04. The molecule has 4 aliphatic rings. The molecule has 1 heterocycles. The number of rotatable bonds is 3. The van der Waals surface area contributed by atoms with E-state index in [0.29, 0.717) is 13.1 Å². The van der Waals surface area contributed by atoms with Crippen molar-refractivity contribution in [1.29, 1.82) is 0 Å². The molecule has 5 nitrogen and oxygen atoms in total. The Morgan fingerprint density at radius 2 is 1.56 bits per heavy atom. The number of aliphatic carboxylic acids is 1. The molecule has 1 saturated heterocycles. The first-order chi connectivity index (χ1) is 13.0. The summed E-state index contributed by atoms with van der Waals surface area (Å²) in [5, 5.41) is 9.76. The maximum absolute atomic E-state index is 13.3. The second-order valence-corrected chi connectivity index (χ2v) is 8.73. The summed E-state index contributed by atoms with van der Waals surface area (Å²) in [5.74, 6) is -1.02. The Morgan fingerprint density at radius 1 is 0.963 bits per heavy atom. The fourth-order valence-electron chi connectivity index (χ4n) is 5.65. The van der Waals surface area contributed by atoms with Crippen molar-refractivity contribution in [3.05, 3.63) is 29.8 Å². The molecule has 5 rings (SSSR count). The summed E-state index contributed by atoms with van der Waals surface area (Å²) in [5.41, 5.74) is 2.44. The lowest BCUT2D eigenvalue weighted by Gasteiger charge is -2.49. The van der Waals surface area contributed by atoms with Crippen molar-refractivity contribution in [1.82, 2.24) is 4.90 Å². The molecule has 3 aliphatic carbocycles. The molecule has 1 aromatic carbocycles. The first-order valence-electron chi connectivity index (χ1n) is 10.3. The minimum Gasteiger partial charge on any atom is -0.481 e. The van der Waals surface area contributed by atoms with E-state index >= 15 is 0 Å². The van der Waals surface area contributed by atoms with E-state index < -0.39 is 11.9 Å². The van der Waals surface area contributed by atoms with Crippen molar-refractivity contribution in [3.8, 4) is 0 Å². The molecular formula is C22H30N2O3. The van der Waals surface area contributed by atoms with E-state index in [1.807, 2.05) is 4.90 Å². The summed E-state index contributed by atoms with van der Waals surface area (Å²) in [4.78, 5) is 29.5. The summed E-state index contributed by atoms with van der Waals surface area (Å²) >= 11 is 0. The molecule has 0 radical (unpaired) electrons. The number of aryl methyl sites for hydroxylation is 1. The molecule has 146 valence electrons. The largest absolute Gasteiger partial charge is 0.481 e. The summed E-state index contributed by atoms with van der Waals surface area (Å²) in [7, 11) is 0. The standard InChI is InChI=1S/C22H30N2O3/c1-14-3-9-18(10-4-14)24-12-11-23(13-15(24)2)21(25)19-16-5-7-17(8-6-16)20(19)22(26)27/h3-4,9-10,15-17,19-20H,5-8,11-13H2,1-2H3,(H,26,27)/t15-,16?,17?,19+,20+/m0/s1. The lowest BCUT2D eigenvalue weighted by molar-refractivity contribution is -0.162. The number of anilines is 1. The van der Waals surface area contributed by atoms with Crippen LogP contribution in [0.3, 0.4) is 0 Å². The van der Waals surface area contributed by atoms with Crippen LogP contribution in [0.25, 0.3) is 0 Å². The fourth-order valence-corrected chi connectivity index (χ4v) is 5.65. The third-order valence-corrected chi connectivity index (χ3v) is 7.09. The molecule has 3 atom stereocenters. The van der Waals surface area contributed by atoms with Crippen LogP contribution in [0.2, 0.25) is 0 Å². The van der Waals surface area contributed by atoms with Gasteiger partial charge in [-0.15, -0.1) is 0 Å². The van der Waals surface area contributed by atoms with Crippen molar-refractivity contribution in [2.24, 2.45) is 23.7 Å². The van der Waals surface area contributed by atoms with E-state index in [1.165, 1.54) is 11.3 Å². The zero-order valence-electron chi connectivity index (χ0n) is 16.3. The number of carbonyl (C=O) groups excluding carboxylic acids is 1. The van der Waals surface area contributed by atoms with Crippen molar-refractivity contribution in [3.63, 3.8) is 0 Å². The molecule has 0 spiro atoms. The van der Waals surface area contributed by atoms with E-state index in [-0.39, 0.29) is 29.7 Å². The molecule has 1 amide bonds. The summed E-state index contributed by atoms with van der Waals surface area (Å²) in [6.07, 6.45) is 3.99. The quantitative estimate of drug-likeness (QED) is 0.888. The van der Waals surface area contributed by atoms with Gasteiger partial charge in [0.15, 0.2) is 0 Å². The molecule has 5 heteroatoms. The number of benzene rings is 1. The lowest BCUT2D eigenvalue weighted by Crippen LogP contribution is -2.58. The average molecular weight is 370 g/mol. The van der Waals surface area contributed by atoms with Gasteiger partial charge >= 0.3 is 5.97 Å². The highest BCUT2D eigenvalue weighted by Crippen LogP contribution is 2.49. The average Bonchev–Trinajstić information content (AvgIpc) is 2.68. The van der Waals surface area contributed by atoms with E-state index in [2.05, 4.69) is 43.0 Å². The Bertz CT molecular complexity index is 709. The van der Waals surface area contributed by atoms with Crippen LogP contribution in [0, 0.1) is 30.6 Å². The van der Waals surface area contributed by atoms with Gasteiger partial charge in [-0.05, 0) is 63.5 Å². The van der Waals surface area contributed by atoms with Gasteiger partial charge in [-0.1, -0.05) is 17.7 Å². The second-order valence-electron chi connectivity index (χ2n) is 8.73. The molecule has 1 N–H and O–H groups in total. The SMILES string of the molecule is Cc1ccc(N2CCN(C(=O)[C@@H]3C4CCC(CC4)[C@H]3C(=O)O)C[C@@H]2C)cc1. The zero-order chi connectivity index (χ0) is 19.1. The predicted molar refractivity (Wildman–Crippen MR) is 105 cm³/mol. The third-order valence-electron chi connectivity index (χ3n) is 7.09. The third kappa shape index (κ3) is 3.32. The molecule has 4 fully saturated rings. The number of carboxylic acid groups (broad SMARTS) is 1. The molecule has 3 saturated carbocycles. The highest BCUT2D eigenvalue weighted by Gasteiger charge is 2.51. The normalized spacial score (nSPS) is 33.2. The first kappa shape index (κ1) is 18.3. The fraction of sp³-hybridized carbons (Fsp3) is 0.636. The van der Waals surface area contributed by atoms with Crippen LogP contribution in [-0.2, 0) is 9.59 Å². The molecular weight excluding hydrogens is 340 g/mol. The number of piperazine rings is 1. The Kier molecular flexibility index (Phi) is 4.87. The van der Waals surface area contributed by atoms with Crippen molar-refractivity contribution in [2.75, 3.05) is 24.5 Å². The van der Waals surface area contributed by atoms with Crippen LogP contribution in [0.5, 0.6) is 0 Å². The van der Waals surface area contributed by atoms with E-state index in [0.717, 1.165) is 32.2 Å². The molecule has 27 heavy (non-hydrogen) atoms. The zero-order valence-corrected chi connectivity index (χ0v) is 16.3. The molecule has 1 aliphatic heterocycles. The van der Waals surface area contributed by atoms with Gasteiger partial charge in [0.2, 0.25) is 5.91 Å². The second kappa shape index (κ2) is 7.17. The minimum absolute atomic E-state index is 0.0900. The number of carboxylic acids is 1. The Balaban J connectivity index is 1.47. The van der Waals surface area contributed by atoms with Gasteiger partial charge in [-0.2, -0.15) is 0 Å². The van der Waals surface area contributed by atoms with Crippen LogP contribution >= 0.6 is 0 Å². The van der Waals surface area contributed by atoms with Crippen LogP contribution in [-0.4, -0.2) is 47.6 Å². The maximum Gasteiger partial charge on any atom is 0.307 e. The number of hydrogen-bond acceptors (Lipinski definition) is 3. The molecule has 2 bridgehead atoms. The topological polar surface area (TPSA) is 60.9 Å². The number of fused-ring (bicyclic) bond motifs is 3. The number of carbonyl (C=O) groups is 2. The van der Waals surface area contributed by atoms with Gasteiger partial charge in [0, 0.05) is 31.4 Å². The smallest absolute Gasteiger partial charge is 0.307 e. The van der Waals surface area contributed by atoms with Crippen molar-refractivity contribution >= 4 is 17.6 Å². The van der Waals surface area contributed by atoms with Gasteiger partial charge in [0.1, 0.15) is 0 Å². The van der Waals surface area contributed by atoms with E-state index in [1.54, 1.807) is 0 Å². The van der Waals surface area contributed by atoms with Crippen molar-refractivity contribution < 1.29 is 14.7 Å². The predicted octanol–water partition coefficient (Wildman–Crippen LogP) is 3.17. The van der Waals surface area contributed by atoms with Crippen LogP contribution in [0.1, 0.15) is 38.2 Å². The summed E-state index contributed by atoms with van der Waals surface area (Å²) < 4.78 is 0. The minimum atomic E-state index is -0.769. The van der Waals surface area contributed by atoms with Gasteiger partial charge in [-0.3, -0.25) is 9.59 Å². The number of nitrogens with zero attached hydrogens (tertiary/aromatic N) is 2. The van der Waals surface area contributed by atoms with Gasteiger partial charge in [-0.25, -0.2) is 0 Å². The summed E-state index contributed by atoms with van der Waals surface area (Å²) in [6, 6.07) is 8.76. The molecule has 1 aromatic rings. The number of amides is 1. The maximum atomic E-state index is 13.3. The first-order valence-corrected chi connectivity index (χ1v) is 10.3. The van der Waals surface area contributed by atoms with Gasteiger partial charge < -0.3 is 14.9 Å². The lowest BCUT2D eigenvalue weighted by atomic mass is 9.58. The van der Waals surface area contributed by atoms with Crippen LogP contribution in [0.4, 0.5) is 5.69 Å². The Labute approximate surface area is 161 Å². The van der Waals surface area contributed by atoms with Gasteiger partial charge in [0.05, 0.1) is 11.8 Å². The highest BCUT2D eigenvalue weighted by atomic mass is 16.4. The summed E-state index contributed by atoms with van der Waals surface area (Å²) in [6.45, 7) is 6.39.